The van der Waals surface area contributed by atoms with Crippen molar-refractivity contribution in [3.05, 3.63) is 47.5 Å². The molecule has 0 aliphatic rings. The molecule has 0 saturated heterocycles. The van der Waals surface area contributed by atoms with Crippen LogP contribution in [0, 0.1) is 0 Å². The highest BCUT2D eigenvalue weighted by Gasteiger charge is 2.17. The summed E-state index contributed by atoms with van der Waals surface area (Å²) in [7, 11) is 0.830. The van der Waals surface area contributed by atoms with Gasteiger partial charge in [-0.05, 0) is 30.2 Å². The van der Waals surface area contributed by atoms with Crippen LogP contribution in [-0.4, -0.2) is 42.2 Å². The number of sulfonamides is 1. The van der Waals surface area contributed by atoms with E-state index < -0.39 is 10.0 Å². The number of carbonyl (C=O) groups is 1. The summed E-state index contributed by atoms with van der Waals surface area (Å²) in [6.07, 6.45) is 0.674. The molecular formula is C19H24N2O6S. The van der Waals surface area contributed by atoms with Crippen molar-refractivity contribution in [3.8, 4) is 17.2 Å². The Hall–Kier alpha value is -2.78. The lowest BCUT2D eigenvalue weighted by Gasteiger charge is -2.15. The van der Waals surface area contributed by atoms with Crippen LogP contribution in [-0.2, 0) is 27.7 Å². The maximum Gasteiger partial charge on any atom is 0.238 e. The van der Waals surface area contributed by atoms with Gasteiger partial charge >= 0.3 is 0 Å². The average molecular weight is 408 g/mol. The number of nitrogens with two attached hydrogens (primary N) is 1. The Labute approximate surface area is 164 Å². The summed E-state index contributed by atoms with van der Waals surface area (Å²) in [5.41, 5.74) is 1.56. The van der Waals surface area contributed by atoms with Gasteiger partial charge in [-0.25, -0.2) is 13.6 Å². The number of methoxy groups -OCH3 is 3. The van der Waals surface area contributed by atoms with Gasteiger partial charge in [0.1, 0.15) is 0 Å². The Morgan fingerprint density at radius 1 is 0.964 bits per heavy atom. The van der Waals surface area contributed by atoms with Crippen molar-refractivity contribution in [2.24, 2.45) is 5.14 Å². The van der Waals surface area contributed by atoms with Crippen LogP contribution in [0.4, 0.5) is 0 Å². The van der Waals surface area contributed by atoms with Gasteiger partial charge in [0.25, 0.3) is 0 Å². The van der Waals surface area contributed by atoms with Crippen molar-refractivity contribution in [2.75, 3.05) is 27.9 Å². The second-order valence-electron chi connectivity index (χ2n) is 5.96. The Kier molecular flexibility index (Phi) is 7.24. The number of rotatable bonds is 9. The first-order valence-corrected chi connectivity index (χ1v) is 10.0. The van der Waals surface area contributed by atoms with Gasteiger partial charge in [0.15, 0.2) is 11.5 Å². The topological polar surface area (TPSA) is 117 Å². The maximum absolute atomic E-state index is 12.3. The van der Waals surface area contributed by atoms with Gasteiger partial charge in [-0.1, -0.05) is 18.2 Å². The average Bonchev–Trinajstić information content (AvgIpc) is 2.67. The predicted octanol–water partition coefficient (Wildman–Crippen LogP) is 1.26. The molecule has 0 saturated carbocycles. The van der Waals surface area contributed by atoms with Crippen molar-refractivity contribution >= 4 is 15.9 Å². The van der Waals surface area contributed by atoms with Gasteiger partial charge in [0.2, 0.25) is 21.7 Å². The number of hydrogen-bond acceptors (Lipinski definition) is 6. The molecule has 0 fully saturated rings. The lowest BCUT2D eigenvalue weighted by atomic mass is 10.1. The second kappa shape index (κ2) is 9.43. The van der Waals surface area contributed by atoms with E-state index in [0.717, 1.165) is 5.56 Å². The molecule has 0 radical (unpaired) electrons. The number of nitrogens with one attached hydrogen (secondary N) is 1. The molecule has 9 heteroatoms. The number of hydrogen-bond donors (Lipinski definition) is 2. The normalized spacial score (nSPS) is 11.0. The highest BCUT2D eigenvalue weighted by Crippen LogP contribution is 2.39. The van der Waals surface area contributed by atoms with Crippen LogP contribution in [0.5, 0.6) is 17.2 Å². The van der Waals surface area contributed by atoms with E-state index in [1.165, 1.54) is 33.5 Å². The zero-order valence-electron chi connectivity index (χ0n) is 16.0. The Morgan fingerprint density at radius 2 is 1.61 bits per heavy atom. The van der Waals surface area contributed by atoms with Gasteiger partial charge in [0.05, 0.1) is 32.6 Å². The van der Waals surface area contributed by atoms with E-state index in [1.54, 1.807) is 24.3 Å². The lowest BCUT2D eigenvalue weighted by Crippen LogP contribution is -2.27. The third-order valence-electron chi connectivity index (χ3n) is 4.12. The molecule has 0 spiro atoms. The highest BCUT2D eigenvalue weighted by molar-refractivity contribution is 7.89. The summed E-state index contributed by atoms with van der Waals surface area (Å²) in [4.78, 5) is 12.3. The molecule has 0 aromatic heterocycles. The first-order chi connectivity index (χ1) is 13.3. The lowest BCUT2D eigenvalue weighted by molar-refractivity contribution is -0.120. The van der Waals surface area contributed by atoms with Crippen LogP contribution in [0.1, 0.15) is 11.1 Å². The molecule has 0 atom stereocenters. The molecule has 0 heterocycles. The van der Waals surface area contributed by atoms with Gasteiger partial charge in [-0.15, -0.1) is 0 Å². The number of carbonyl (C=O) groups excluding carboxylic acids is 1. The molecule has 2 aromatic carbocycles. The largest absolute Gasteiger partial charge is 0.493 e. The molecule has 28 heavy (non-hydrogen) atoms. The summed E-state index contributed by atoms with van der Waals surface area (Å²) >= 11 is 0. The summed E-state index contributed by atoms with van der Waals surface area (Å²) in [6, 6.07) is 9.71. The van der Waals surface area contributed by atoms with E-state index in [9.17, 15) is 13.2 Å². The van der Waals surface area contributed by atoms with Crippen molar-refractivity contribution in [1.82, 2.24) is 5.32 Å². The fraction of sp³-hybridized carbons (Fsp3) is 0.316. The van der Waals surface area contributed by atoms with Gasteiger partial charge in [-0.3, -0.25) is 4.79 Å². The van der Waals surface area contributed by atoms with E-state index in [4.69, 9.17) is 19.3 Å². The van der Waals surface area contributed by atoms with Gasteiger partial charge in [-0.2, -0.15) is 0 Å². The van der Waals surface area contributed by atoms with Crippen molar-refractivity contribution in [2.45, 2.75) is 17.7 Å². The molecule has 0 aliphatic heterocycles. The predicted molar refractivity (Wildman–Crippen MR) is 104 cm³/mol. The van der Waals surface area contributed by atoms with E-state index >= 15 is 0 Å². The summed E-state index contributed by atoms with van der Waals surface area (Å²) in [5, 5.41) is 7.90. The van der Waals surface area contributed by atoms with Crippen LogP contribution in [0.15, 0.2) is 41.3 Å². The van der Waals surface area contributed by atoms with Crippen LogP contribution in [0.25, 0.3) is 0 Å². The van der Waals surface area contributed by atoms with Gasteiger partial charge in [0, 0.05) is 12.1 Å². The zero-order valence-corrected chi connectivity index (χ0v) is 16.8. The molecule has 2 rings (SSSR count). The standard InChI is InChI=1S/C19H24N2O6S/c1-25-16-9-6-14(18(26-2)19(16)27-3)12-17(22)21-11-10-13-4-7-15(8-5-13)28(20,23)24/h4-9H,10-12H2,1-3H3,(H,21,22)(H2,20,23,24). The quantitative estimate of drug-likeness (QED) is 0.645. The van der Waals surface area contributed by atoms with E-state index in [2.05, 4.69) is 5.32 Å². The fourth-order valence-corrected chi connectivity index (χ4v) is 3.25. The third-order valence-corrected chi connectivity index (χ3v) is 5.05. The summed E-state index contributed by atoms with van der Waals surface area (Å²) in [5.74, 6) is 1.24. The van der Waals surface area contributed by atoms with Crippen molar-refractivity contribution < 1.29 is 27.4 Å². The minimum Gasteiger partial charge on any atom is -0.493 e. The fourth-order valence-electron chi connectivity index (χ4n) is 2.73. The minimum atomic E-state index is -3.71. The number of amides is 1. The Balaban J connectivity index is 1.96. The van der Waals surface area contributed by atoms with Gasteiger partial charge < -0.3 is 19.5 Å². The molecule has 152 valence electrons. The summed E-state index contributed by atoms with van der Waals surface area (Å²) in [6.45, 7) is 0.406. The molecule has 8 nitrogen and oxygen atoms in total. The van der Waals surface area contributed by atoms with Crippen molar-refractivity contribution in [1.29, 1.82) is 0 Å². The number of ether oxygens (including phenoxy) is 3. The molecular weight excluding hydrogens is 384 g/mol. The monoisotopic (exact) mass is 408 g/mol. The van der Waals surface area contributed by atoms with Crippen LogP contribution in [0.2, 0.25) is 0 Å². The van der Waals surface area contributed by atoms with Crippen molar-refractivity contribution in [3.63, 3.8) is 0 Å². The van der Waals surface area contributed by atoms with E-state index in [0.29, 0.717) is 35.8 Å². The molecule has 1 amide bonds. The first-order valence-electron chi connectivity index (χ1n) is 8.46. The van der Waals surface area contributed by atoms with E-state index in [1.807, 2.05) is 0 Å². The number of benzene rings is 2. The molecule has 0 bridgehead atoms. The van der Waals surface area contributed by atoms with E-state index in [-0.39, 0.29) is 17.2 Å². The molecule has 0 unspecified atom stereocenters. The smallest absolute Gasteiger partial charge is 0.238 e. The maximum atomic E-state index is 12.3. The number of primary sulfonamides is 1. The molecule has 3 N–H and O–H groups in total. The Morgan fingerprint density at radius 3 is 2.14 bits per heavy atom. The first kappa shape index (κ1) is 21.5. The SMILES string of the molecule is COc1ccc(CC(=O)NCCc2ccc(S(N)(=O)=O)cc2)c(OC)c1OC. The minimum absolute atomic E-state index is 0.0563. The zero-order chi connectivity index (χ0) is 20.7. The van der Waals surface area contributed by atoms with Crippen LogP contribution in [0.3, 0.4) is 0 Å². The third kappa shape index (κ3) is 5.37. The van der Waals surface area contributed by atoms with Crippen LogP contribution >= 0.6 is 0 Å². The highest BCUT2D eigenvalue weighted by atomic mass is 32.2. The second-order valence-corrected chi connectivity index (χ2v) is 7.52. The summed E-state index contributed by atoms with van der Waals surface area (Å²) < 4.78 is 38.4. The Bertz CT molecular complexity index is 926. The van der Waals surface area contributed by atoms with Crippen LogP contribution < -0.4 is 24.7 Å². The molecule has 2 aromatic rings. The molecule has 0 aliphatic carbocycles.